The van der Waals surface area contributed by atoms with Gasteiger partial charge < -0.3 is 0 Å². The van der Waals surface area contributed by atoms with Crippen LogP contribution in [-0.2, 0) is 0 Å². The van der Waals surface area contributed by atoms with E-state index in [1.165, 1.54) is 32.1 Å². The Morgan fingerprint density at radius 3 is 2.00 bits per heavy atom. The molecule has 3 heteroatoms. The summed E-state index contributed by atoms with van der Waals surface area (Å²) < 4.78 is 0.576. The molecule has 0 aliphatic heterocycles. The number of unbranched alkanes of at least 4 members (excludes halogenated alkanes) is 4. The van der Waals surface area contributed by atoms with Crippen LogP contribution in [0.5, 0.6) is 0 Å². The minimum Gasteiger partial charge on any atom is -0.206 e. The summed E-state index contributed by atoms with van der Waals surface area (Å²) in [5.74, 6) is 0. The van der Waals surface area contributed by atoms with E-state index >= 15 is 0 Å². The topological polar surface area (TPSA) is 0 Å². The van der Waals surface area contributed by atoms with Crippen molar-refractivity contribution in [1.82, 2.24) is 0 Å². The minimum atomic E-state index is 0.576. The van der Waals surface area contributed by atoms with Crippen molar-refractivity contribution < 1.29 is 3.29 Å². The smallest absolute Gasteiger partial charge is 0.0998 e. The Bertz CT molecular complexity index is 105. The fourth-order valence-corrected chi connectivity index (χ4v) is 1.41. The van der Waals surface area contributed by atoms with Gasteiger partial charge in [-0.15, -0.1) is 0 Å². The zero-order valence-corrected chi connectivity index (χ0v) is 10.1. The van der Waals surface area contributed by atoms with Crippen LogP contribution in [0.1, 0.15) is 46.0 Å². The largest absolute Gasteiger partial charge is 0.206 e. The first kappa shape index (κ1) is 12.7. The molecule has 0 aliphatic carbocycles. The summed E-state index contributed by atoms with van der Waals surface area (Å²) >= 11 is 8.83. The van der Waals surface area contributed by atoms with Crippen molar-refractivity contribution in [1.29, 1.82) is 0 Å². The zero-order valence-electron chi connectivity index (χ0n) is 8.29. The summed E-state index contributed by atoms with van der Waals surface area (Å²) in [6, 6.07) is 0. The molecular formula is C9H22NS2+. The highest BCUT2D eigenvalue weighted by Crippen LogP contribution is 2.17. The number of nitrogens with zero attached hydrogens (tertiary/aromatic N) is 1. The molecule has 0 aromatic carbocycles. The molecule has 0 atom stereocenters. The van der Waals surface area contributed by atoms with E-state index < -0.39 is 0 Å². The molecule has 0 rings (SSSR count). The predicted molar refractivity (Wildman–Crippen MR) is 62.4 cm³/mol. The van der Waals surface area contributed by atoms with Crippen LogP contribution < -0.4 is 0 Å². The number of hydrogen-bond acceptors (Lipinski definition) is 2. The molecule has 0 heterocycles. The van der Waals surface area contributed by atoms with Crippen molar-refractivity contribution in [3.05, 3.63) is 0 Å². The molecule has 0 aliphatic rings. The Labute approximate surface area is 88.2 Å². The van der Waals surface area contributed by atoms with Crippen molar-refractivity contribution >= 4 is 25.6 Å². The number of quaternary nitrogens is 1. The van der Waals surface area contributed by atoms with E-state index in [1.54, 1.807) is 0 Å². The van der Waals surface area contributed by atoms with Gasteiger partial charge >= 0.3 is 0 Å². The Balaban J connectivity index is 3.19. The van der Waals surface area contributed by atoms with Gasteiger partial charge in [0.15, 0.2) is 0 Å². The van der Waals surface area contributed by atoms with Gasteiger partial charge in [0.1, 0.15) is 0 Å². The maximum Gasteiger partial charge on any atom is 0.0998 e. The molecule has 0 aromatic rings. The summed E-state index contributed by atoms with van der Waals surface area (Å²) in [4.78, 5) is 0. The van der Waals surface area contributed by atoms with Gasteiger partial charge in [-0.1, -0.05) is 26.2 Å². The van der Waals surface area contributed by atoms with Crippen molar-refractivity contribution in [3.63, 3.8) is 0 Å². The zero-order chi connectivity index (χ0) is 9.45. The van der Waals surface area contributed by atoms with E-state index in [4.69, 9.17) is 0 Å². The molecule has 0 unspecified atom stereocenters. The predicted octanol–water partition coefficient (Wildman–Crippen LogP) is 3.48. The molecule has 12 heavy (non-hydrogen) atoms. The highest BCUT2D eigenvalue weighted by atomic mass is 32.2. The van der Waals surface area contributed by atoms with Gasteiger partial charge in [0.2, 0.25) is 0 Å². The summed E-state index contributed by atoms with van der Waals surface area (Å²) in [6.07, 6.45) is 6.62. The Hall–Kier alpha value is 0.660. The number of thiol groups is 2. The number of hydrogen-bond donors (Lipinski definition) is 2. The van der Waals surface area contributed by atoms with Crippen LogP contribution in [0.15, 0.2) is 0 Å². The highest BCUT2D eigenvalue weighted by molar-refractivity contribution is 7.87. The van der Waals surface area contributed by atoms with Crippen molar-refractivity contribution in [2.45, 2.75) is 46.0 Å². The van der Waals surface area contributed by atoms with Crippen LogP contribution in [0.3, 0.4) is 0 Å². The average Bonchev–Trinajstić information content (AvgIpc) is 2.04. The average molecular weight is 208 g/mol. The normalized spacial score (nSPS) is 12.0. The van der Waals surface area contributed by atoms with E-state index in [9.17, 15) is 0 Å². The van der Waals surface area contributed by atoms with E-state index in [2.05, 4.69) is 39.5 Å². The van der Waals surface area contributed by atoms with Crippen molar-refractivity contribution in [2.24, 2.45) is 0 Å². The van der Waals surface area contributed by atoms with E-state index in [1.807, 2.05) is 0 Å². The van der Waals surface area contributed by atoms with E-state index in [-0.39, 0.29) is 0 Å². The Morgan fingerprint density at radius 1 is 0.917 bits per heavy atom. The maximum absolute atomic E-state index is 4.41. The van der Waals surface area contributed by atoms with Crippen LogP contribution in [0.4, 0.5) is 0 Å². The lowest BCUT2D eigenvalue weighted by molar-refractivity contribution is -0.637. The fraction of sp³-hybridized carbons (Fsp3) is 1.00. The fourth-order valence-electron chi connectivity index (χ4n) is 1.13. The third kappa shape index (κ3) is 7.32. The molecule has 0 aromatic heterocycles. The minimum absolute atomic E-state index is 0.576. The van der Waals surface area contributed by atoms with E-state index in [0.717, 1.165) is 13.1 Å². The van der Waals surface area contributed by atoms with Gasteiger partial charge in [0.05, 0.1) is 38.7 Å². The van der Waals surface area contributed by atoms with Gasteiger partial charge in [0, 0.05) is 0 Å². The van der Waals surface area contributed by atoms with Crippen molar-refractivity contribution in [2.75, 3.05) is 13.1 Å². The van der Waals surface area contributed by atoms with Crippen molar-refractivity contribution in [3.8, 4) is 0 Å². The molecule has 0 fully saturated rings. The third-order valence-corrected chi connectivity index (χ3v) is 3.09. The van der Waals surface area contributed by atoms with Gasteiger partial charge in [0.25, 0.3) is 0 Å². The summed E-state index contributed by atoms with van der Waals surface area (Å²) in [5.41, 5.74) is 0. The van der Waals surface area contributed by atoms with E-state index in [0.29, 0.717) is 3.29 Å². The van der Waals surface area contributed by atoms with Gasteiger partial charge in [-0.25, -0.2) is 3.29 Å². The molecule has 0 amide bonds. The van der Waals surface area contributed by atoms with Crippen LogP contribution >= 0.6 is 25.6 Å². The van der Waals surface area contributed by atoms with Gasteiger partial charge in [-0.3, -0.25) is 0 Å². The second-order valence-electron chi connectivity index (χ2n) is 3.33. The lowest BCUT2D eigenvalue weighted by Crippen LogP contribution is -2.27. The lowest BCUT2D eigenvalue weighted by Gasteiger charge is -2.22. The molecular weight excluding hydrogens is 186 g/mol. The summed E-state index contributed by atoms with van der Waals surface area (Å²) in [6.45, 7) is 6.42. The molecule has 0 spiro atoms. The molecule has 0 saturated heterocycles. The molecule has 0 bridgehead atoms. The second kappa shape index (κ2) is 7.10. The van der Waals surface area contributed by atoms with Crippen LogP contribution in [0.2, 0.25) is 0 Å². The molecule has 0 radical (unpaired) electrons. The lowest BCUT2D eigenvalue weighted by atomic mass is 10.1. The Kier molecular flexibility index (Phi) is 7.49. The molecule has 74 valence electrons. The molecule has 0 saturated carbocycles. The van der Waals surface area contributed by atoms with Crippen LogP contribution in [-0.4, -0.2) is 16.4 Å². The van der Waals surface area contributed by atoms with Crippen LogP contribution in [0, 0.1) is 0 Å². The SMILES string of the molecule is CCCCCCC[N+](S)(S)CC. The van der Waals surface area contributed by atoms with Gasteiger partial charge in [-0.2, -0.15) is 0 Å². The molecule has 1 nitrogen and oxygen atoms in total. The highest BCUT2D eigenvalue weighted by Gasteiger charge is 2.14. The van der Waals surface area contributed by atoms with Gasteiger partial charge in [-0.05, 0) is 19.8 Å². The number of rotatable bonds is 7. The first-order valence-electron chi connectivity index (χ1n) is 4.95. The molecule has 0 N–H and O–H groups in total. The standard InChI is InChI=1S/C9H22NS2/c1-3-5-6-7-8-9-10(11,12)4-2/h11-12H,3-9H2,1-2H3/q+1. The van der Waals surface area contributed by atoms with Crippen LogP contribution in [0.25, 0.3) is 0 Å². The Morgan fingerprint density at radius 2 is 1.50 bits per heavy atom. The summed E-state index contributed by atoms with van der Waals surface area (Å²) in [5, 5.41) is 0. The maximum atomic E-state index is 4.41. The first-order valence-corrected chi connectivity index (χ1v) is 5.75. The quantitative estimate of drug-likeness (QED) is 0.357. The first-order chi connectivity index (χ1) is 5.62. The monoisotopic (exact) mass is 208 g/mol. The third-order valence-electron chi connectivity index (χ3n) is 2.13. The summed E-state index contributed by atoms with van der Waals surface area (Å²) in [7, 11) is 0. The second-order valence-corrected chi connectivity index (χ2v) is 5.18.